The molecule has 1 heterocycles. The van der Waals surface area contributed by atoms with Crippen molar-refractivity contribution in [2.45, 2.75) is 45.6 Å². The molecule has 170 valence electrons. The molecule has 0 fully saturated rings. The third kappa shape index (κ3) is 9.91. The van der Waals surface area contributed by atoms with Crippen LogP contribution in [0.1, 0.15) is 44.9 Å². The van der Waals surface area contributed by atoms with Crippen molar-refractivity contribution in [3.05, 3.63) is 51.7 Å². The van der Waals surface area contributed by atoms with Gasteiger partial charge in [0, 0.05) is 26.6 Å². The molecule has 0 aromatic carbocycles. The summed E-state index contributed by atoms with van der Waals surface area (Å²) in [5, 5.41) is 1.67. The predicted octanol–water partition coefficient (Wildman–Crippen LogP) is 9.11. The average molecular weight is 551 g/mol. The highest BCUT2D eigenvalue weighted by atomic mass is 35.5. The number of alkyl halides is 1. The van der Waals surface area contributed by atoms with Gasteiger partial charge in [0.2, 0.25) is 0 Å². The van der Waals surface area contributed by atoms with E-state index < -0.39 is 0 Å². The third-order valence-electron chi connectivity index (χ3n) is 4.50. The topological polar surface area (TPSA) is 12.9 Å². The fourth-order valence-corrected chi connectivity index (χ4v) is 5.97. The van der Waals surface area contributed by atoms with E-state index in [1.807, 2.05) is 25.3 Å². The minimum absolute atomic E-state index is 0.402. The molecule has 0 spiro atoms. The number of aryl methyl sites for hydroxylation is 1. The highest BCUT2D eigenvalue weighted by Crippen LogP contribution is 2.32. The van der Waals surface area contributed by atoms with Gasteiger partial charge in [0.15, 0.2) is 0 Å². The van der Waals surface area contributed by atoms with Crippen molar-refractivity contribution >= 4 is 96.9 Å². The van der Waals surface area contributed by atoms with Crippen molar-refractivity contribution in [1.82, 2.24) is 4.98 Å². The van der Waals surface area contributed by atoms with Gasteiger partial charge in [-0.2, -0.15) is 0 Å². The molecule has 0 radical (unpaired) electrons. The maximum absolute atomic E-state index is 6.31. The van der Waals surface area contributed by atoms with Crippen molar-refractivity contribution in [3.8, 4) is 0 Å². The largest absolute Gasteiger partial charge is 0.246 e. The van der Waals surface area contributed by atoms with E-state index in [2.05, 4.69) is 32.9 Å². The normalized spacial score (nSPS) is 13.3. The summed E-state index contributed by atoms with van der Waals surface area (Å²) in [4.78, 5) is 4.86. The third-order valence-corrected chi connectivity index (χ3v) is 8.89. The number of hydrogen-bond donors (Lipinski definition) is 0. The first-order valence-corrected chi connectivity index (χ1v) is 14.8. The van der Waals surface area contributed by atoms with Crippen LogP contribution in [0, 0.1) is 6.92 Å². The Balaban J connectivity index is 3.13. The molecule has 0 aliphatic carbocycles. The SMILES string of the molecule is C/C=C(CSc1ccc(/C(CCC(=S)SCC)=C(\C)C(=S)SC)c(C)n1)\C(Cl)=C/CCl. The monoisotopic (exact) mass is 549 g/mol. The number of aromatic nitrogens is 1. The number of rotatable bonds is 11. The van der Waals surface area contributed by atoms with Crippen LogP contribution >= 0.6 is 82.9 Å². The van der Waals surface area contributed by atoms with Crippen LogP contribution in [0.2, 0.25) is 0 Å². The fraction of sp³-hybridized carbons (Fsp3) is 0.435. The van der Waals surface area contributed by atoms with E-state index in [1.54, 1.807) is 35.3 Å². The van der Waals surface area contributed by atoms with Crippen LogP contribution in [-0.4, -0.2) is 37.0 Å². The van der Waals surface area contributed by atoms with Crippen molar-refractivity contribution in [2.75, 3.05) is 23.6 Å². The number of allylic oxidation sites excluding steroid dienone is 4. The highest BCUT2D eigenvalue weighted by molar-refractivity contribution is 8.23. The molecule has 1 rings (SSSR count). The molecule has 0 unspecified atom stereocenters. The lowest BCUT2D eigenvalue weighted by atomic mass is 9.96. The molecule has 0 amide bonds. The molecule has 0 N–H and O–H groups in total. The van der Waals surface area contributed by atoms with E-state index in [9.17, 15) is 0 Å². The summed E-state index contributed by atoms with van der Waals surface area (Å²) in [6.45, 7) is 8.28. The molecule has 1 aromatic rings. The molecule has 0 saturated heterocycles. The first-order chi connectivity index (χ1) is 14.8. The predicted molar refractivity (Wildman–Crippen MR) is 157 cm³/mol. The Kier molecular flexibility index (Phi) is 15.0. The maximum atomic E-state index is 6.31. The average Bonchev–Trinajstić information content (AvgIpc) is 2.75. The van der Waals surface area contributed by atoms with Gasteiger partial charge in [0.1, 0.15) is 0 Å². The van der Waals surface area contributed by atoms with Gasteiger partial charge in [-0.3, -0.25) is 0 Å². The van der Waals surface area contributed by atoms with E-state index in [0.29, 0.717) is 10.9 Å². The van der Waals surface area contributed by atoms with Gasteiger partial charge >= 0.3 is 0 Å². The van der Waals surface area contributed by atoms with Gasteiger partial charge in [0.25, 0.3) is 0 Å². The van der Waals surface area contributed by atoms with Crippen LogP contribution in [0.4, 0.5) is 0 Å². The standard InChI is InChI=1S/C23H29Cl2NS5/c1-6-17(20(25)12-13-24)14-31-21-10-8-19(16(4)26-21)18(15(3)23(28)29-5)9-11-22(27)30-7-2/h6,8,10,12H,7,9,11,13-14H2,1-5H3/b17-6-,18-15+,20-12+. The van der Waals surface area contributed by atoms with Crippen molar-refractivity contribution < 1.29 is 0 Å². The maximum Gasteiger partial charge on any atom is 0.0966 e. The van der Waals surface area contributed by atoms with E-state index in [0.717, 1.165) is 60.2 Å². The second-order valence-corrected chi connectivity index (χ2v) is 11.8. The number of thioether (sulfide) groups is 3. The zero-order valence-electron chi connectivity index (χ0n) is 18.6. The van der Waals surface area contributed by atoms with Crippen LogP contribution in [-0.2, 0) is 0 Å². The van der Waals surface area contributed by atoms with E-state index in [4.69, 9.17) is 52.6 Å². The minimum Gasteiger partial charge on any atom is -0.246 e. The molecule has 8 heteroatoms. The molecule has 0 bridgehead atoms. The highest BCUT2D eigenvalue weighted by Gasteiger charge is 2.15. The van der Waals surface area contributed by atoms with Crippen LogP contribution in [0.5, 0.6) is 0 Å². The minimum atomic E-state index is 0.402. The molecular weight excluding hydrogens is 522 g/mol. The van der Waals surface area contributed by atoms with E-state index >= 15 is 0 Å². The van der Waals surface area contributed by atoms with Gasteiger partial charge in [-0.25, -0.2) is 4.98 Å². The summed E-state index contributed by atoms with van der Waals surface area (Å²) in [6, 6.07) is 4.24. The molecule has 31 heavy (non-hydrogen) atoms. The van der Waals surface area contributed by atoms with E-state index in [1.165, 1.54) is 5.57 Å². The van der Waals surface area contributed by atoms with Gasteiger partial charge in [-0.1, -0.05) is 61.2 Å². The summed E-state index contributed by atoms with van der Waals surface area (Å²) in [5.74, 6) is 2.15. The van der Waals surface area contributed by atoms with Crippen LogP contribution in [0.25, 0.3) is 5.57 Å². The molecule has 0 saturated carbocycles. The first kappa shape index (κ1) is 29.2. The van der Waals surface area contributed by atoms with Crippen LogP contribution < -0.4 is 0 Å². The van der Waals surface area contributed by atoms with Crippen LogP contribution in [0.15, 0.2) is 45.5 Å². The van der Waals surface area contributed by atoms with Crippen molar-refractivity contribution in [2.24, 2.45) is 0 Å². The smallest absolute Gasteiger partial charge is 0.0966 e. The summed E-state index contributed by atoms with van der Waals surface area (Å²) in [5.41, 5.74) is 5.59. The lowest BCUT2D eigenvalue weighted by Gasteiger charge is -2.16. The quantitative estimate of drug-likeness (QED) is 0.0889. The Morgan fingerprint density at radius 3 is 2.48 bits per heavy atom. The van der Waals surface area contributed by atoms with Gasteiger partial charge in [-0.15, -0.1) is 46.9 Å². The summed E-state index contributed by atoms with van der Waals surface area (Å²) in [6.07, 6.45) is 7.59. The fourth-order valence-electron chi connectivity index (χ4n) is 2.84. The molecule has 0 aliphatic rings. The zero-order chi connectivity index (χ0) is 23.4. The van der Waals surface area contributed by atoms with Crippen molar-refractivity contribution in [3.63, 3.8) is 0 Å². The van der Waals surface area contributed by atoms with Gasteiger partial charge < -0.3 is 0 Å². The van der Waals surface area contributed by atoms with Crippen LogP contribution in [0.3, 0.4) is 0 Å². The first-order valence-electron chi connectivity index (χ1n) is 9.90. The number of nitrogens with zero attached hydrogens (tertiary/aromatic N) is 1. The van der Waals surface area contributed by atoms with Gasteiger partial charge in [-0.05, 0) is 74.0 Å². The molecule has 0 atom stereocenters. The summed E-state index contributed by atoms with van der Waals surface area (Å²) < 4.78 is 1.96. The lowest BCUT2D eigenvalue weighted by molar-refractivity contribution is 1.04. The number of hydrogen-bond acceptors (Lipinski definition) is 6. The number of pyridine rings is 1. The van der Waals surface area contributed by atoms with Crippen molar-refractivity contribution in [1.29, 1.82) is 0 Å². The lowest BCUT2D eigenvalue weighted by Crippen LogP contribution is -2.02. The zero-order valence-corrected chi connectivity index (χ0v) is 24.2. The second kappa shape index (κ2) is 15.9. The van der Waals surface area contributed by atoms with Gasteiger partial charge in [0.05, 0.1) is 9.22 Å². The Hall–Kier alpha value is 0.180. The second-order valence-electron chi connectivity index (χ2n) is 6.49. The Labute approximate surface area is 221 Å². The molecular formula is C23H29Cl2NS5. The van der Waals surface area contributed by atoms with E-state index in [-0.39, 0.29) is 0 Å². The molecule has 0 aliphatic heterocycles. The summed E-state index contributed by atoms with van der Waals surface area (Å²) >= 11 is 28.2. The number of thiocarbonyl (C=S) groups is 2. The Morgan fingerprint density at radius 1 is 1.23 bits per heavy atom. The summed E-state index contributed by atoms with van der Waals surface area (Å²) in [7, 11) is 0. The molecule has 1 nitrogen and oxygen atoms in total. The number of halogens is 2. The molecule has 1 aromatic heterocycles. The Morgan fingerprint density at radius 2 is 1.94 bits per heavy atom. The Bertz CT molecular complexity index is 875.